The van der Waals surface area contributed by atoms with Crippen molar-refractivity contribution in [3.63, 3.8) is 0 Å². The maximum atomic E-state index is 13.3. The minimum absolute atomic E-state index is 0.0661. The molecule has 0 spiro atoms. The van der Waals surface area contributed by atoms with Gasteiger partial charge in [0.2, 0.25) is 5.95 Å². The van der Waals surface area contributed by atoms with Crippen molar-refractivity contribution in [3.05, 3.63) is 106 Å². The fourth-order valence-electron chi connectivity index (χ4n) is 4.76. The Bertz CT molecular complexity index is 1570. The molecule has 0 saturated heterocycles. The van der Waals surface area contributed by atoms with Crippen molar-refractivity contribution in [2.24, 2.45) is 0 Å². The predicted octanol–water partition coefficient (Wildman–Crippen LogP) is 7.34. The highest BCUT2D eigenvalue weighted by Crippen LogP contribution is 2.37. The molecule has 5 rings (SSSR count). The number of nitrogens with one attached hydrogen (secondary N) is 1. The minimum atomic E-state index is -4.55. The van der Waals surface area contributed by atoms with Crippen LogP contribution in [0.5, 0.6) is 5.75 Å². The van der Waals surface area contributed by atoms with Gasteiger partial charge in [0.25, 0.3) is 0 Å². The number of anilines is 3. The van der Waals surface area contributed by atoms with Crippen LogP contribution in [0.4, 0.5) is 35.0 Å². The largest absolute Gasteiger partial charge is 0.423 e. The van der Waals surface area contributed by atoms with Gasteiger partial charge < -0.3 is 15.0 Å². The van der Waals surface area contributed by atoms with E-state index in [1.807, 2.05) is 19.9 Å². The molecule has 1 unspecified atom stereocenters. The second-order valence-electron chi connectivity index (χ2n) is 9.66. The quantitative estimate of drug-likeness (QED) is 0.159. The topological polar surface area (TPSA) is 67.3 Å². The number of rotatable bonds is 5. The molecule has 1 N–H and O–H groups in total. The molecule has 6 nitrogen and oxygen atoms in total. The van der Waals surface area contributed by atoms with E-state index in [4.69, 9.17) is 9.72 Å². The summed E-state index contributed by atoms with van der Waals surface area (Å²) in [5, 5.41) is 3.14. The molecule has 4 aromatic rings. The lowest BCUT2D eigenvalue weighted by Crippen LogP contribution is -2.35. The molecule has 0 fully saturated rings. The van der Waals surface area contributed by atoms with Gasteiger partial charge >= 0.3 is 12.1 Å². The number of carbonyl (C=O) groups excluding carboxylic acids is 1. The van der Waals surface area contributed by atoms with Crippen LogP contribution in [-0.2, 0) is 12.6 Å². The Labute approximate surface area is 228 Å². The SMILES string of the molecule is Cc1nc(Nc2ccc(F)cc2)nc(N2CCc3cc(OC(=O)c4cccc(C(F)(F)F)c4)ccc3C2C)c1C. The third-order valence-corrected chi connectivity index (χ3v) is 7.03. The third kappa shape index (κ3) is 5.61. The lowest BCUT2D eigenvalue weighted by Gasteiger charge is -2.37. The van der Waals surface area contributed by atoms with Gasteiger partial charge in [-0.05, 0) is 92.9 Å². The fourth-order valence-corrected chi connectivity index (χ4v) is 4.76. The predicted molar refractivity (Wildman–Crippen MR) is 143 cm³/mol. The summed E-state index contributed by atoms with van der Waals surface area (Å²) in [5.74, 6) is 0.253. The third-order valence-electron chi connectivity index (χ3n) is 7.03. The van der Waals surface area contributed by atoms with E-state index in [1.54, 1.807) is 24.3 Å². The molecule has 0 radical (unpaired) electrons. The molecule has 1 atom stereocenters. The van der Waals surface area contributed by atoms with Crippen molar-refractivity contribution < 1.29 is 27.1 Å². The monoisotopic (exact) mass is 550 g/mol. The zero-order valence-corrected chi connectivity index (χ0v) is 22.0. The van der Waals surface area contributed by atoms with Gasteiger partial charge in [-0.2, -0.15) is 18.2 Å². The molecule has 0 amide bonds. The summed E-state index contributed by atoms with van der Waals surface area (Å²) in [6.07, 6.45) is -3.92. The van der Waals surface area contributed by atoms with E-state index in [1.165, 1.54) is 24.3 Å². The molecule has 3 aromatic carbocycles. The summed E-state index contributed by atoms with van der Waals surface area (Å²) in [6, 6.07) is 15.3. The maximum Gasteiger partial charge on any atom is 0.416 e. The number of esters is 1. The van der Waals surface area contributed by atoms with Crippen molar-refractivity contribution in [2.45, 2.75) is 39.4 Å². The van der Waals surface area contributed by atoms with E-state index < -0.39 is 17.7 Å². The van der Waals surface area contributed by atoms with Crippen molar-refractivity contribution in [1.82, 2.24) is 9.97 Å². The average Bonchev–Trinajstić information content (AvgIpc) is 2.92. The number of ether oxygens (including phenoxy) is 1. The normalized spacial score (nSPS) is 15.0. The molecule has 0 bridgehead atoms. The highest BCUT2D eigenvalue weighted by molar-refractivity contribution is 5.91. The first-order valence-electron chi connectivity index (χ1n) is 12.7. The molecule has 0 aliphatic carbocycles. The van der Waals surface area contributed by atoms with E-state index in [-0.39, 0.29) is 23.2 Å². The molecular formula is C30H26F4N4O2. The molecule has 1 aromatic heterocycles. The van der Waals surface area contributed by atoms with Gasteiger partial charge in [-0.25, -0.2) is 14.2 Å². The molecule has 10 heteroatoms. The molecule has 40 heavy (non-hydrogen) atoms. The molecule has 0 saturated carbocycles. The smallest absolute Gasteiger partial charge is 0.416 e. The first-order chi connectivity index (χ1) is 19.0. The van der Waals surface area contributed by atoms with Crippen LogP contribution in [-0.4, -0.2) is 22.5 Å². The van der Waals surface area contributed by atoms with Gasteiger partial charge in [0, 0.05) is 23.5 Å². The minimum Gasteiger partial charge on any atom is -0.423 e. The van der Waals surface area contributed by atoms with Crippen LogP contribution in [0.25, 0.3) is 0 Å². The van der Waals surface area contributed by atoms with E-state index in [0.717, 1.165) is 40.3 Å². The fraction of sp³-hybridized carbons (Fsp3) is 0.233. The zero-order valence-electron chi connectivity index (χ0n) is 22.0. The van der Waals surface area contributed by atoms with Crippen LogP contribution >= 0.6 is 0 Å². The van der Waals surface area contributed by atoms with E-state index in [0.29, 0.717) is 24.6 Å². The van der Waals surface area contributed by atoms with Crippen LogP contribution < -0.4 is 15.0 Å². The van der Waals surface area contributed by atoms with Gasteiger partial charge in [0.1, 0.15) is 17.4 Å². The molecule has 2 heterocycles. The molecule has 1 aliphatic rings. The van der Waals surface area contributed by atoms with Crippen LogP contribution in [0.1, 0.15) is 51.3 Å². The van der Waals surface area contributed by atoms with Gasteiger partial charge in [-0.3, -0.25) is 0 Å². The maximum absolute atomic E-state index is 13.3. The number of nitrogens with zero attached hydrogens (tertiary/aromatic N) is 3. The van der Waals surface area contributed by atoms with Gasteiger partial charge in [0.15, 0.2) is 0 Å². The van der Waals surface area contributed by atoms with E-state index in [9.17, 15) is 22.4 Å². The number of hydrogen-bond acceptors (Lipinski definition) is 6. The Kier molecular flexibility index (Phi) is 7.18. The van der Waals surface area contributed by atoms with Crippen molar-refractivity contribution in [2.75, 3.05) is 16.8 Å². The first-order valence-corrected chi connectivity index (χ1v) is 12.7. The number of aromatic nitrogens is 2. The Morgan fingerprint density at radius 3 is 2.50 bits per heavy atom. The Morgan fingerprint density at radius 2 is 1.77 bits per heavy atom. The van der Waals surface area contributed by atoms with E-state index in [2.05, 4.69) is 22.1 Å². The lowest BCUT2D eigenvalue weighted by molar-refractivity contribution is -0.137. The van der Waals surface area contributed by atoms with Crippen LogP contribution in [0.15, 0.2) is 66.7 Å². The highest BCUT2D eigenvalue weighted by Gasteiger charge is 2.31. The van der Waals surface area contributed by atoms with Crippen molar-refractivity contribution >= 4 is 23.4 Å². The summed E-state index contributed by atoms with van der Waals surface area (Å²) >= 11 is 0. The van der Waals surface area contributed by atoms with Crippen LogP contribution in [0.2, 0.25) is 0 Å². The summed E-state index contributed by atoms with van der Waals surface area (Å²) < 4.78 is 57.8. The Hall–Kier alpha value is -4.47. The summed E-state index contributed by atoms with van der Waals surface area (Å²) in [4.78, 5) is 24.1. The number of aryl methyl sites for hydroxylation is 1. The first kappa shape index (κ1) is 27.1. The number of hydrogen-bond donors (Lipinski definition) is 1. The molecule has 1 aliphatic heterocycles. The lowest BCUT2D eigenvalue weighted by atomic mass is 9.93. The second kappa shape index (κ2) is 10.6. The van der Waals surface area contributed by atoms with E-state index >= 15 is 0 Å². The summed E-state index contributed by atoms with van der Waals surface area (Å²) in [6.45, 7) is 6.55. The number of fused-ring (bicyclic) bond motifs is 1. The number of halogens is 4. The summed E-state index contributed by atoms with van der Waals surface area (Å²) in [5.41, 5.74) is 3.33. The highest BCUT2D eigenvalue weighted by atomic mass is 19.4. The van der Waals surface area contributed by atoms with Crippen molar-refractivity contribution in [3.8, 4) is 5.75 Å². The summed E-state index contributed by atoms with van der Waals surface area (Å²) in [7, 11) is 0. The van der Waals surface area contributed by atoms with Gasteiger partial charge in [0.05, 0.1) is 17.2 Å². The Balaban J connectivity index is 1.35. The Morgan fingerprint density at radius 1 is 1.02 bits per heavy atom. The number of benzene rings is 3. The van der Waals surface area contributed by atoms with Gasteiger partial charge in [-0.1, -0.05) is 12.1 Å². The average molecular weight is 551 g/mol. The van der Waals surface area contributed by atoms with Crippen LogP contribution in [0, 0.1) is 19.7 Å². The van der Waals surface area contributed by atoms with Gasteiger partial charge in [-0.15, -0.1) is 0 Å². The molecular weight excluding hydrogens is 524 g/mol. The number of carbonyl (C=O) groups is 1. The number of alkyl halides is 3. The zero-order chi connectivity index (χ0) is 28.6. The van der Waals surface area contributed by atoms with Crippen molar-refractivity contribution in [1.29, 1.82) is 0 Å². The second-order valence-corrected chi connectivity index (χ2v) is 9.66. The molecule has 206 valence electrons. The standard InChI is InChI=1S/C30H26F4N4O2/c1-17-18(2)35-29(36-24-9-7-23(31)8-10-24)37-27(17)38-14-13-20-16-25(11-12-26(20)19(38)3)40-28(39)21-5-4-6-22(15-21)30(32,33)34/h4-12,15-16,19H,13-14H2,1-3H3,(H,35,36,37). The van der Waals surface area contributed by atoms with Crippen LogP contribution in [0.3, 0.4) is 0 Å².